The summed E-state index contributed by atoms with van der Waals surface area (Å²) in [6.45, 7) is 5.27. The summed E-state index contributed by atoms with van der Waals surface area (Å²) in [7, 11) is -3.52. The van der Waals surface area contributed by atoms with E-state index >= 15 is 0 Å². The molecule has 0 aliphatic carbocycles. The van der Waals surface area contributed by atoms with Gasteiger partial charge < -0.3 is 14.2 Å². The molecule has 7 heteroatoms. The highest BCUT2D eigenvalue weighted by Crippen LogP contribution is 2.64. The van der Waals surface area contributed by atoms with Crippen molar-refractivity contribution in [2.75, 3.05) is 19.8 Å². The predicted octanol–water partition coefficient (Wildman–Crippen LogP) is 1.45. The Labute approximate surface area is 101 Å². The molecule has 0 aromatic rings. The van der Waals surface area contributed by atoms with Gasteiger partial charge in [0.1, 0.15) is 0 Å². The molecule has 1 rings (SSSR count). The highest BCUT2D eigenvalue weighted by Gasteiger charge is 2.65. The lowest BCUT2D eigenvalue weighted by Gasteiger charge is -2.30. The Morgan fingerprint density at radius 2 is 2.00 bits per heavy atom. The molecule has 0 radical (unpaired) electrons. The summed E-state index contributed by atoms with van der Waals surface area (Å²) >= 11 is 0. The van der Waals surface area contributed by atoms with Crippen LogP contribution in [-0.2, 0) is 13.6 Å². The fourth-order valence-corrected chi connectivity index (χ4v) is 4.30. The van der Waals surface area contributed by atoms with Gasteiger partial charge in [0.2, 0.25) is 0 Å². The maximum Gasteiger partial charge on any atom is 0.405 e. The lowest BCUT2D eigenvalue weighted by molar-refractivity contribution is -0.805. The number of hydrogen-bond donors (Lipinski definition) is 2. The van der Waals surface area contributed by atoms with Crippen molar-refractivity contribution in [3.63, 3.8) is 0 Å². The Bertz CT molecular complexity index is 336. The highest BCUT2D eigenvalue weighted by molar-refractivity contribution is 7.55. The summed E-state index contributed by atoms with van der Waals surface area (Å²) in [6.07, 6.45) is 1.93. The van der Waals surface area contributed by atoms with Gasteiger partial charge in [0.15, 0.2) is 6.21 Å². The van der Waals surface area contributed by atoms with Crippen molar-refractivity contribution in [1.29, 1.82) is 0 Å². The van der Waals surface area contributed by atoms with E-state index in [-0.39, 0.29) is 25.7 Å². The quantitative estimate of drug-likeness (QED) is 0.432. The van der Waals surface area contributed by atoms with Crippen LogP contribution in [0.3, 0.4) is 0 Å². The summed E-state index contributed by atoms with van der Waals surface area (Å²) in [5.41, 5.74) is 0. The minimum absolute atomic E-state index is 0.186. The molecule has 100 valence electrons. The van der Waals surface area contributed by atoms with Crippen molar-refractivity contribution in [3.8, 4) is 0 Å². The molecule has 0 amide bonds. The maximum absolute atomic E-state index is 12.7. The van der Waals surface area contributed by atoms with E-state index in [1.54, 1.807) is 20.8 Å². The summed E-state index contributed by atoms with van der Waals surface area (Å²) in [5.74, 6) is -0.378. The maximum atomic E-state index is 12.7. The molecule has 1 aliphatic rings. The van der Waals surface area contributed by atoms with Crippen LogP contribution in [-0.4, -0.2) is 46.4 Å². The Balaban J connectivity index is 3.14. The minimum atomic E-state index is -3.52. The fourth-order valence-electron chi connectivity index (χ4n) is 2.06. The van der Waals surface area contributed by atoms with E-state index in [0.29, 0.717) is 6.42 Å². The Kier molecular flexibility index (Phi) is 4.72. The highest BCUT2D eigenvalue weighted by atomic mass is 31.2. The number of rotatable bonds is 6. The van der Waals surface area contributed by atoms with Crippen LogP contribution in [0.15, 0.2) is 0 Å². The summed E-state index contributed by atoms with van der Waals surface area (Å²) < 4.78 is 24.1. The Morgan fingerprint density at radius 1 is 1.47 bits per heavy atom. The van der Waals surface area contributed by atoms with Crippen molar-refractivity contribution in [2.24, 2.45) is 5.92 Å². The lowest BCUT2D eigenvalue weighted by Crippen LogP contribution is -2.42. The van der Waals surface area contributed by atoms with Crippen LogP contribution in [0, 0.1) is 5.92 Å². The second-order valence-corrected chi connectivity index (χ2v) is 6.49. The molecule has 0 saturated heterocycles. The molecule has 0 fully saturated rings. The first-order chi connectivity index (χ1) is 7.96. The molecule has 0 aromatic carbocycles. The van der Waals surface area contributed by atoms with Crippen LogP contribution in [0.2, 0.25) is 0 Å². The second-order valence-electron chi connectivity index (χ2n) is 4.07. The molecule has 2 N–H and O–H groups in total. The third-order valence-electron chi connectivity index (χ3n) is 3.17. The number of hydrogen-bond acceptors (Lipinski definition) is 5. The van der Waals surface area contributed by atoms with E-state index in [2.05, 4.69) is 0 Å². The average molecular weight is 266 g/mol. The number of nitrogens with zero attached hydrogens (tertiary/aromatic N) is 1. The molecule has 1 unspecified atom stereocenters. The normalized spacial score (nSPS) is 29.4. The van der Waals surface area contributed by atoms with Gasteiger partial charge in [0.25, 0.3) is 0 Å². The summed E-state index contributed by atoms with van der Waals surface area (Å²) in [6, 6.07) is 0. The Hall–Kier alpha value is -0.420. The molecule has 0 aromatic heterocycles. The standard InChI is InChI=1S/C10H21NO5P/c1-4-15-17(14,16-5-2)10(3)9(8-12)6-7-11(10)13/h7,9,12-13H,4-6,8H2,1-3H3/q+1/t9?,10-/m1/s1. The molecule has 2 atom stereocenters. The van der Waals surface area contributed by atoms with Crippen LogP contribution < -0.4 is 0 Å². The SMILES string of the molecule is CCOP(=O)(OCC)[C@]1(C)C(CO)CC=[N+]1O. The molecular formula is C10H21NO5P+. The number of aliphatic hydroxyl groups excluding tert-OH is 1. The van der Waals surface area contributed by atoms with Crippen molar-refractivity contribution in [1.82, 2.24) is 0 Å². The first-order valence-corrected chi connectivity index (χ1v) is 7.32. The van der Waals surface area contributed by atoms with Crippen molar-refractivity contribution < 1.29 is 28.7 Å². The third-order valence-corrected chi connectivity index (χ3v) is 6.05. The lowest BCUT2D eigenvalue weighted by atomic mass is 10.0. The van der Waals surface area contributed by atoms with Gasteiger partial charge in [-0.15, -0.1) is 0 Å². The largest absolute Gasteiger partial charge is 0.405 e. The van der Waals surface area contributed by atoms with Gasteiger partial charge in [0.05, 0.1) is 25.7 Å². The van der Waals surface area contributed by atoms with E-state index in [1.165, 1.54) is 6.21 Å². The first-order valence-electron chi connectivity index (χ1n) is 5.77. The van der Waals surface area contributed by atoms with Gasteiger partial charge in [-0.2, -0.15) is 0 Å². The van der Waals surface area contributed by atoms with E-state index in [0.717, 1.165) is 4.74 Å². The molecule has 0 bridgehead atoms. The van der Waals surface area contributed by atoms with Gasteiger partial charge in [-0.05, 0) is 18.6 Å². The van der Waals surface area contributed by atoms with Gasteiger partial charge in [-0.3, -0.25) is 9.77 Å². The number of hydroxylamine groups is 1. The second kappa shape index (κ2) is 5.48. The molecule has 0 saturated carbocycles. The van der Waals surface area contributed by atoms with Gasteiger partial charge in [-0.1, -0.05) is 0 Å². The zero-order valence-electron chi connectivity index (χ0n) is 10.5. The summed E-state index contributed by atoms with van der Waals surface area (Å²) in [5, 5.41) is 18.0. The average Bonchev–Trinajstić information content (AvgIpc) is 2.57. The van der Waals surface area contributed by atoms with Crippen molar-refractivity contribution >= 4 is 13.8 Å². The smallest absolute Gasteiger partial charge is 0.396 e. The number of aliphatic hydroxyl groups is 1. The topological polar surface area (TPSA) is 79.0 Å². The van der Waals surface area contributed by atoms with Crippen molar-refractivity contribution in [2.45, 2.75) is 32.5 Å². The zero-order chi connectivity index (χ0) is 13.1. The molecule has 0 spiro atoms. The van der Waals surface area contributed by atoms with Gasteiger partial charge in [-0.25, -0.2) is 0 Å². The van der Waals surface area contributed by atoms with Crippen LogP contribution in [0.5, 0.6) is 0 Å². The monoisotopic (exact) mass is 266 g/mol. The Morgan fingerprint density at radius 3 is 2.41 bits per heavy atom. The van der Waals surface area contributed by atoms with Gasteiger partial charge in [0, 0.05) is 13.3 Å². The molecule has 17 heavy (non-hydrogen) atoms. The van der Waals surface area contributed by atoms with E-state index in [1.807, 2.05) is 0 Å². The van der Waals surface area contributed by atoms with Gasteiger partial charge >= 0.3 is 12.9 Å². The van der Waals surface area contributed by atoms with Crippen molar-refractivity contribution in [3.05, 3.63) is 0 Å². The zero-order valence-corrected chi connectivity index (χ0v) is 11.4. The van der Waals surface area contributed by atoms with E-state index in [9.17, 15) is 14.9 Å². The molecular weight excluding hydrogens is 245 g/mol. The first kappa shape index (κ1) is 14.6. The van der Waals surface area contributed by atoms with E-state index in [4.69, 9.17) is 9.05 Å². The van der Waals surface area contributed by atoms with Crippen LogP contribution >= 0.6 is 7.60 Å². The minimum Gasteiger partial charge on any atom is -0.396 e. The molecule has 6 nitrogen and oxygen atoms in total. The third kappa shape index (κ3) is 2.27. The fraction of sp³-hybridized carbons (Fsp3) is 0.900. The van der Waals surface area contributed by atoms with Crippen LogP contribution in [0.1, 0.15) is 27.2 Å². The van der Waals surface area contributed by atoms with E-state index < -0.39 is 12.9 Å². The molecule has 1 heterocycles. The molecule has 1 aliphatic heterocycles. The summed E-state index contributed by atoms with van der Waals surface area (Å²) in [4.78, 5) is 0. The van der Waals surface area contributed by atoms with Crippen LogP contribution in [0.25, 0.3) is 0 Å². The predicted molar refractivity (Wildman–Crippen MR) is 62.6 cm³/mol. The van der Waals surface area contributed by atoms with Crippen LogP contribution in [0.4, 0.5) is 0 Å².